The van der Waals surface area contributed by atoms with E-state index >= 15 is 0 Å². The minimum absolute atomic E-state index is 0.739. The van der Waals surface area contributed by atoms with Crippen LogP contribution in [0, 0.1) is 0 Å². The van der Waals surface area contributed by atoms with E-state index in [1.165, 1.54) is 37.1 Å². The maximum absolute atomic E-state index is 5.50. The lowest BCUT2D eigenvalue weighted by molar-refractivity contribution is 0.0126. The van der Waals surface area contributed by atoms with Crippen molar-refractivity contribution in [3.8, 4) is 0 Å². The summed E-state index contributed by atoms with van der Waals surface area (Å²) in [5.74, 6) is 0. The van der Waals surface area contributed by atoms with E-state index in [4.69, 9.17) is 4.74 Å². The van der Waals surface area contributed by atoms with Gasteiger partial charge in [0.15, 0.2) is 0 Å². The third-order valence-electron chi connectivity index (χ3n) is 5.52. The molecule has 0 radical (unpaired) electrons. The molecule has 0 unspecified atom stereocenters. The third-order valence-corrected chi connectivity index (χ3v) is 5.52. The first-order valence-corrected chi connectivity index (χ1v) is 9.47. The van der Waals surface area contributed by atoms with Crippen LogP contribution in [0.5, 0.6) is 0 Å². The normalized spacial score (nSPS) is 20.8. The summed E-state index contributed by atoms with van der Waals surface area (Å²) >= 11 is 0. The molecule has 2 saturated heterocycles. The van der Waals surface area contributed by atoms with Crippen LogP contribution in [0.2, 0.25) is 0 Å². The van der Waals surface area contributed by atoms with Crippen LogP contribution in [-0.2, 0) is 17.8 Å². The highest BCUT2D eigenvalue weighted by Crippen LogP contribution is 2.19. The molecule has 1 aromatic carbocycles. The SMILES string of the molecule is c1ccc(Cn2cccn2)c(CN2CCN(C3CCOCC3)CC2)c1. The minimum atomic E-state index is 0.739. The second-order valence-corrected chi connectivity index (χ2v) is 7.13. The molecule has 2 fully saturated rings. The molecule has 0 saturated carbocycles. The summed E-state index contributed by atoms with van der Waals surface area (Å²) < 4.78 is 7.50. The second kappa shape index (κ2) is 8.13. The first-order valence-electron chi connectivity index (χ1n) is 9.47. The van der Waals surface area contributed by atoms with Gasteiger partial charge in [-0.05, 0) is 30.0 Å². The Balaban J connectivity index is 1.34. The fraction of sp³-hybridized carbons (Fsp3) is 0.550. The minimum Gasteiger partial charge on any atom is -0.381 e. The Morgan fingerprint density at radius 3 is 2.32 bits per heavy atom. The topological polar surface area (TPSA) is 33.5 Å². The first kappa shape index (κ1) is 16.8. The number of benzene rings is 1. The van der Waals surface area contributed by atoms with Crippen LogP contribution in [0.15, 0.2) is 42.7 Å². The van der Waals surface area contributed by atoms with Gasteiger partial charge in [0, 0.05) is 64.4 Å². The number of piperazine rings is 1. The van der Waals surface area contributed by atoms with Crippen molar-refractivity contribution in [1.29, 1.82) is 0 Å². The first-order chi connectivity index (χ1) is 12.4. The molecule has 0 N–H and O–H groups in total. The molecule has 0 bridgehead atoms. The largest absolute Gasteiger partial charge is 0.381 e. The van der Waals surface area contributed by atoms with E-state index in [2.05, 4.69) is 39.2 Å². The van der Waals surface area contributed by atoms with Crippen molar-refractivity contribution >= 4 is 0 Å². The van der Waals surface area contributed by atoms with E-state index in [1.54, 1.807) is 0 Å². The summed E-state index contributed by atoms with van der Waals surface area (Å²) in [5.41, 5.74) is 2.80. The van der Waals surface area contributed by atoms with Gasteiger partial charge in [0.1, 0.15) is 0 Å². The molecule has 5 nitrogen and oxygen atoms in total. The van der Waals surface area contributed by atoms with Gasteiger partial charge in [-0.3, -0.25) is 14.5 Å². The molecule has 25 heavy (non-hydrogen) atoms. The van der Waals surface area contributed by atoms with Gasteiger partial charge in [0.2, 0.25) is 0 Å². The lowest BCUT2D eigenvalue weighted by Gasteiger charge is -2.40. The van der Waals surface area contributed by atoms with E-state index < -0.39 is 0 Å². The van der Waals surface area contributed by atoms with E-state index in [-0.39, 0.29) is 0 Å². The Morgan fingerprint density at radius 1 is 0.920 bits per heavy atom. The van der Waals surface area contributed by atoms with E-state index in [1.807, 2.05) is 23.1 Å². The molecule has 134 valence electrons. The van der Waals surface area contributed by atoms with Crippen molar-refractivity contribution in [3.63, 3.8) is 0 Å². The highest BCUT2D eigenvalue weighted by atomic mass is 16.5. The van der Waals surface area contributed by atoms with Crippen LogP contribution in [0.3, 0.4) is 0 Å². The van der Waals surface area contributed by atoms with Gasteiger partial charge >= 0.3 is 0 Å². The Bertz CT molecular complexity index is 643. The average Bonchev–Trinajstić information content (AvgIpc) is 3.18. The molecule has 2 aliphatic rings. The van der Waals surface area contributed by atoms with Gasteiger partial charge in [-0.2, -0.15) is 5.10 Å². The third kappa shape index (κ3) is 4.29. The van der Waals surface area contributed by atoms with Gasteiger partial charge in [-0.25, -0.2) is 0 Å². The van der Waals surface area contributed by atoms with Crippen molar-refractivity contribution < 1.29 is 4.74 Å². The maximum Gasteiger partial charge on any atom is 0.0662 e. The molecular formula is C20H28N4O. The lowest BCUT2D eigenvalue weighted by atomic mass is 10.0. The van der Waals surface area contributed by atoms with Crippen LogP contribution in [0.1, 0.15) is 24.0 Å². The number of hydrogen-bond acceptors (Lipinski definition) is 4. The van der Waals surface area contributed by atoms with Crippen molar-refractivity contribution in [1.82, 2.24) is 19.6 Å². The lowest BCUT2D eigenvalue weighted by Crippen LogP contribution is -2.51. The van der Waals surface area contributed by atoms with Gasteiger partial charge in [0.05, 0.1) is 6.54 Å². The van der Waals surface area contributed by atoms with Crippen LogP contribution in [-0.4, -0.2) is 65.0 Å². The molecule has 0 aliphatic carbocycles. The van der Waals surface area contributed by atoms with E-state index in [9.17, 15) is 0 Å². The Labute approximate surface area is 150 Å². The summed E-state index contributed by atoms with van der Waals surface area (Å²) in [7, 11) is 0. The monoisotopic (exact) mass is 340 g/mol. The quantitative estimate of drug-likeness (QED) is 0.836. The van der Waals surface area contributed by atoms with Gasteiger partial charge in [-0.15, -0.1) is 0 Å². The maximum atomic E-state index is 5.50. The zero-order valence-electron chi connectivity index (χ0n) is 14.9. The molecule has 1 aromatic heterocycles. The van der Waals surface area contributed by atoms with Gasteiger partial charge < -0.3 is 4.74 Å². The molecule has 4 rings (SSSR count). The van der Waals surface area contributed by atoms with Crippen molar-refractivity contribution in [2.75, 3.05) is 39.4 Å². The van der Waals surface area contributed by atoms with Crippen molar-refractivity contribution in [2.45, 2.75) is 32.0 Å². The summed E-state index contributed by atoms with van der Waals surface area (Å²) in [5, 5.41) is 4.35. The molecule has 2 aliphatic heterocycles. The molecule has 0 spiro atoms. The highest BCUT2D eigenvalue weighted by molar-refractivity contribution is 5.27. The number of ether oxygens (including phenoxy) is 1. The zero-order chi connectivity index (χ0) is 16.9. The summed E-state index contributed by atoms with van der Waals surface area (Å²) in [6.07, 6.45) is 6.28. The Kier molecular flexibility index (Phi) is 5.45. The number of hydrogen-bond donors (Lipinski definition) is 0. The second-order valence-electron chi connectivity index (χ2n) is 7.13. The standard InChI is InChI=1S/C20H28N4O/c1-2-5-19(17-24-9-3-8-21-24)18(4-1)16-22-10-12-23(13-11-22)20-6-14-25-15-7-20/h1-5,8-9,20H,6-7,10-17H2. The summed E-state index contributed by atoms with van der Waals surface area (Å²) in [4.78, 5) is 5.27. The Hall–Kier alpha value is -1.69. The molecule has 2 aromatic rings. The van der Waals surface area contributed by atoms with E-state index in [0.29, 0.717) is 0 Å². The molecule has 0 atom stereocenters. The van der Waals surface area contributed by atoms with Crippen LogP contribution < -0.4 is 0 Å². The van der Waals surface area contributed by atoms with Gasteiger partial charge in [0.25, 0.3) is 0 Å². The van der Waals surface area contributed by atoms with Gasteiger partial charge in [-0.1, -0.05) is 24.3 Å². The Morgan fingerprint density at radius 2 is 1.64 bits per heavy atom. The van der Waals surface area contributed by atoms with Crippen molar-refractivity contribution in [3.05, 3.63) is 53.9 Å². The van der Waals surface area contributed by atoms with Crippen LogP contribution >= 0.6 is 0 Å². The highest BCUT2D eigenvalue weighted by Gasteiger charge is 2.25. The molecular weight excluding hydrogens is 312 g/mol. The fourth-order valence-electron chi connectivity index (χ4n) is 4.01. The number of aromatic nitrogens is 2. The van der Waals surface area contributed by atoms with Crippen molar-refractivity contribution in [2.24, 2.45) is 0 Å². The number of nitrogens with zero attached hydrogens (tertiary/aromatic N) is 4. The van der Waals surface area contributed by atoms with Crippen LogP contribution in [0.25, 0.3) is 0 Å². The van der Waals surface area contributed by atoms with Crippen LogP contribution in [0.4, 0.5) is 0 Å². The zero-order valence-corrected chi connectivity index (χ0v) is 14.9. The fourth-order valence-corrected chi connectivity index (χ4v) is 4.01. The molecule has 5 heteroatoms. The summed E-state index contributed by atoms with van der Waals surface area (Å²) in [6.45, 7) is 8.46. The molecule has 3 heterocycles. The number of rotatable bonds is 5. The predicted molar refractivity (Wildman–Crippen MR) is 98.5 cm³/mol. The predicted octanol–water partition coefficient (Wildman–Crippen LogP) is 2.23. The molecule has 0 amide bonds. The van der Waals surface area contributed by atoms with E-state index in [0.717, 1.165) is 45.4 Å². The summed E-state index contributed by atoms with van der Waals surface area (Å²) in [6, 6.07) is 11.5. The average molecular weight is 340 g/mol. The smallest absolute Gasteiger partial charge is 0.0662 e.